The molecule has 4 rings (SSSR count). The van der Waals surface area contributed by atoms with E-state index < -0.39 is 0 Å². The average molecular weight is 367 g/mol. The van der Waals surface area contributed by atoms with Crippen molar-refractivity contribution in [2.24, 2.45) is 0 Å². The van der Waals surface area contributed by atoms with Gasteiger partial charge in [-0.25, -0.2) is 0 Å². The van der Waals surface area contributed by atoms with E-state index in [1.807, 2.05) is 36.4 Å². The van der Waals surface area contributed by atoms with Gasteiger partial charge < -0.3 is 9.73 Å². The molecular formula is C21H25N3O3. The van der Waals surface area contributed by atoms with Crippen LogP contribution in [0.5, 0.6) is 0 Å². The topological polar surface area (TPSA) is 65.8 Å². The molecule has 2 aliphatic heterocycles. The van der Waals surface area contributed by atoms with Gasteiger partial charge in [0.25, 0.3) is 0 Å². The lowest BCUT2D eigenvalue weighted by molar-refractivity contribution is -0.123. The molecule has 0 spiro atoms. The lowest BCUT2D eigenvalue weighted by Gasteiger charge is -2.36. The Morgan fingerprint density at radius 2 is 2.07 bits per heavy atom. The van der Waals surface area contributed by atoms with Gasteiger partial charge in [0.05, 0.1) is 24.0 Å². The number of nitrogens with one attached hydrogen (secondary N) is 1. The van der Waals surface area contributed by atoms with E-state index in [0.29, 0.717) is 5.69 Å². The molecule has 6 nitrogen and oxygen atoms in total. The molecule has 3 heterocycles. The summed E-state index contributed by atoms with van der Waals surface area (Å²) in [5.74, 6) is 1.71. The second-order valence-electron chi connectivity index (χ2n) is 7.18. The summed E-state index contributed by atoms with van der Waals surface area (Å²) in [7, 11) is 0. The standard InChI is InChI=1S/C21H25N3O3/c1-2-15-10-11-19(27-15)18-9-5-6-12-23(18)14-21(26)24-13-20(25)22-16-7-3-4-8-17(16)24/h3-4,7-8,10-11,18H,2,5-6,9,12-14H2,1H3,(H,22,25)/t18-/m0/s1. The third-order valence-electron chi connectivity index (χ3n) is 5.38. The van der Waals surface area contributed by atoms with E-state index >= 15 is 0 Å². The first-order valence-electron chi connectivity index (χ1n) is 9.67. The third-order valence-corrected chi connectivity index (χ3v) is 5.38. The Bertz CT molecular complexity index is 845. The fourth-order valence-electron chi connectivity index (χ4n) is 3.98. The number of piperidine rings is 1. The Labute approximate surface area is 159 Å². The Hall–Kier alpha value is -2.60. The Morgan fingerprint density at radius 1 is 1.22 bits per heavy atom. The van der Waals surface area contributed by atoms with Gasteiger partial charge in [-0.05, 0) is 43.7 Å². The van der Waals surface area contributed by atoms with Crippen molar-refractivity contribution < 1.29 is 14.0 Å². The molecule has 27 heavy (non-hydrogen) atoms. The van der Waals surface area contributed by atoms with Crippen LogP contribution in [0, 0.1) is 0 Å². The van der Waals surface area contributed by atoms with Gasteiger partial charge >= 0.3 is 0 Å². The molecule has 6 heteroatoms. The van der Waals surface area contributed by atoms with Crippen molar-refractivity contribution in [3.63, 3.8) is 0 Å². The molecule has 0 bridgehead atoms. The predicted octanol–water partition coefficient (Wildman–Crippen LogP) is 3.35. The number of carbonyl (C=O) groups is 2. The molecule has 1 N–H and O–H groups in total. The highest BCUT2D eigenvalue weighted by molar-refractivity contribution is 6.10. The fourth-order valence-corrected chi connectivity index (χ4v) is 3.98. The molecular weight excluding hydrogens is 342 g/mol. The number of hydrogen-bond acceptors (Lipinski definition) is 4. The van der Waals surface area contributed by atoms with Crippen LogP contribution < -0.4 is 10.2 Å². The molecule has 2 amide bonds. The number of likely N-dealkylation sites (tertiary alicyclic amines) is 1. The number of hydrogen-bond donors (Lipinski definition) is 1. The molecule has 1 aromatic carbocycles. The van der Waals surface area contributed by atoms with Gasteiger partial charge in [0, 0.05) is 6.42 Å². The minimum atomic E-state index is -0.157. The quantitative estimate of drug-likeness (QED) is 0.900. The van der Waals surface area contributed by atoms with Crippen LogP contribution in [0.4, 0.5) is 11.4 Å². The number of rotatable bonds is 4. The van der Waals surface area contributed by atoms with Crippen LogP contribution in [-0.4, -0.2) is 36.3 Å². The summed E-state index contributed by atoms with van der Waals surface area (Å²) in [6.07, 6.45) is 4.06. The summed E-state index contributed by atoms with van der Waals surface area (Å²) in [4.78, 5) is 28.9. The maximum absolute atomic E-state index is 13.1. The molecule has 2 aliphatic rings. The lowest BCUT2D eigenvalue weighted by Crippen LogP contribution is -2.48. The molecule has 0 aliphatic carbocycles. The highest BCUT2D eigenvalue weighted by atomic mass is 16.3. The van der Waals surface area contributed by atoms with E-state index in [-0.39, 0.29) is 30.9 Å². The van der Waals surface area contributed by atoms with Crippen LogP contribution in [0.1, 0.15) is 43.7 Å². The van der Waals surface area contributed by atoms with Crippen molar-refractivity contribution in [1.29, 1.82) is 0 Å². The molecule has 1 saturated heterocycles. The van der Waals surface area contributed by atoms with Crippen molar-refractivity contribution in [2.45, 2.75) is 38.6 Å². The van der Waals surface area contributed by atoms with Gasteiger partial charge in [-0.2, -0.15) is 0 Å². The van der Waals surface area contributed by atoms with Gasteiger partial charge in [-0.15, -0.1) is 0 Å². The summed E-state index contributed by atoms with van der Waals surface area (Å²) in [6.45, 7) is 3.29. The van der Waals surface area contributed by atoms with E-state index in [4.69, 9.17) is 4.42 Å². The molecule has 1 atom stereocenters. The van der Waals surface area contributed by atoms with Crippen LogP contribution in [0.3, 0.4) is 0 Å². The SMILES string of the molecule is CCc1ccc([C@@H]2CCCCN2CC(=O)N2CC(=O)Nc3ccccc32)o1. The smallest absolute Gasteiger partial charge is 0.244 e. The molecule has 1 aromatic heterocycles. The number of aryl methyl sites for hydroxylation is 1. The summed E-state index contributed by atoms with van der Waals surface area (Å²) in [5, 5.41) is 2.83. The number of amides is 2. The van der Waals surface area contributed by atoms with Gasteiger partial charge in [0.1, 0.15) is 18.1 Å². The number of fused-ring (bicyclic) bond motifs is 1. The summed E-state index contributed by atoms with van der Waals surface area (Å²) >= 11 is 0. The third kappa shape index (κ3) is 3.62. The molecule has 0 radical (unpaired) electrons. The zero-order valence-corrected chi connectivity index (χ0v) is 15.6. The number of furan rings is 1. The minimum Gasteiger partial charge on any atom is -0.464 e. The summed E-state index contributed by atoms with van der Waals surface area (Å²) in [6, 6.07) is 11.6. The first-order valence-corrected chi connectivity index (χ1v) is 9.67. The van der Waals surface area contributed by atoms with Crippen molar-refractivity contribution in [1.82, 2.24) is 4.90 Å². The Balaban J connectivity index is 1.53. The second-order valence-corrected chi connectivity index (χ2v) is 7.18. The number of benzene rings is 1. The van der Waals surface area contributed by atoms with E-state index in [2.05, 4.69) is 17.1 Å². The average Bonchev–Trinajstić information content (AvgIpc) is 3.16. The number of anilines is 2. The number of nitrogens with zero attached hydrogens (tertiary/aromatic N) is 2. The van der Waals surface area contributed by atoms with Gasteiger partial charge in [-0.3, -0.25) is 19.4 Å². The Kier molecular flexibility index (Phi) is 4.99. The molecule has 142 valence electrons. The second kappa shape index (κ2) is 7.56. The van der Waals surface area contributed by atoms with Gasteiger partial charge in [0.2, 0.25) is 11.8 Å². The molecule has 2 aromatic rings. The molecule has 0 saturated carbocycles. The Morgan fingerprint density at radius 3 is 2.89 bits per heavy atom. The van der Waals surface area contributed by atoms with Gasteiger partial charge in [0.15, 0.2) is 0 Å². The monoisotopic (exact) mass is 367 g/mol. The van der Waals surface area contributed by atoms with Crippen LogP contribution in [0.2, 0.25) is 0 Å². The highest BCUT2D eigenvalue weighted by Crippen LogP contribution is 2.33. The van der Waals surface area contributed by atoms with E-state index in [1.165, 1.54) is 0 Å². The summed E-state index contributed by atoms with van der Waals surface area (Å²) < 4.78 is 5.97. The van der Waals surface area contributed by atoms with Crippen molar-refractivity contribution in [3.05, 3.63) is 47.9 Å². The van der Waals surface area contributed by atoms with Crippen LogP contribution >= 0.6 is 0 Å². The first-order chi connectivity index (χ1) is 13.2. The normalized spacial score (nSPS) is 20.3. The maximum Gasteiger partial charge on any atom is 0.244 e. The summed E-state index contributed by atoms with van der Waals surface area (Å²) in [5.41, 5.74) is 1.46. The highest BCUT2D eigenvalue weighted by Gasteiger charge is 2.32. The molecule has 1 fully saturated rings. The van der Waals surface area contributed by atoms with E-state index in [1.54, 1.807) is 4.90 Å². The van der Waals surface area contributed by atoms with Gasteiger partial charge in [-0.1, -0.05) is 25.5 Å². The number of carbonyl (C=O) groups excluding carboxylic acids is 2. The minimum absolute atomic E-state index is 0.0496. The maximum atomic E-state index is 13.1. The first kappa shape index (κ1) is 17.8. The zero-order valence-electron chi connectivity index (χ0n) is 15.6. The fraction of sp³-hybridized carbons (Fsp3) is 0.429. The largest absolute Gasteiger partial charge is 0.464 e. The van der Waals surface area contributed by atoms with Crippen LogP contribution in [-0.2, 0) is 16.0 Å². The van der Waals surface area contributed by atoms with Crippen molar-refractivity contribution in [3.8, 4) is 0 Å². The zero-order chi connectivity index (χ0) is 18.8. The van der Waals surface area contributed by atoms with Crippen LogP contribution in [0.15, 0.2) is 40.8 Å². The van der Waals surface area contributed by atoms with Crippen molar-refractivity contribution >= 4 is 23.2 Å². The lowest BCUT2D eigenvalue weighted by atomic mass is 10.00. The van der Waals surface area contributed by atoms with Crippen molar-refractivity contribution in [2.75, 3.05) is 29.9 Å². The van der Waals surface area contributed by atoms with E-state index in [0.717, 1.165) is 49.4 Å². The van der Waals surface area contributed by atoms with Crippen LogP contribution in [0.25, 0.3) is 0 Å². The number of para-hydroxylation sites is 2. The molecule has 0 unspecified atom stereocenters. The van der Waals surface area contributed by atoms with E-state index in [9.17, 15) is 9.59 Å². The predicted molar refractivity (Wildman–Crippen MR) is 104 cm³/mol.